The summed E-state index contributed by atoms with van der Waals surface area (Å²) < 4.78 is 30.8. The summed E-state index contributed by atoms with van der Waals surface area (Å²) in [6, 6.07) is 7.04. The van der Waals surface area contributed by atoms with Crippen LogP contribution in [0.2, 0.25) is 0 Å². The third-order valence-corrected chi connectivity index (χ3v) is 7.34. The van der Waals surface area contributed by atoms with Crippen molar-refractivity contribution in [2.24, 2.45) is 0 Å². The van der Waals surface area contributed by atoms with Gasteiger partial charge in [0, 0.05) is 5.56 Å². The second kappa shape index (κ2) is 8.94. The molecule has 0 radical (unpaired) electrons. The van der Waals surface area contributed by atoms with Crippen LogP contribution in [0.25, 0.3) is 5.47 Å². The fourth-order valence-electron chi connectivity index (χ4n) is 3.79. The molecular formula is C25H36B2O7. The monoisotopic (exact) mass is 470 g/mol. The number of ketones is 1. The maximum absolute atomic E-state index is 13.4. The summed E-state index contributed by atoms with van der Waals surface area (Å²) in [4.78, 5) is 25.6. The van der Waals surface area contributed by atoms with E-state index >= 15 is 0 Å². The molecule has 1 aromatic rings. The summed E-state index contributed by atoms with van der Waals surface area (Å²) in [5.41, 5.74) is -0.978. The Labute approximate surface area is 203 Å². The van der Waals surface area contributed by atoms with Crippen molar-refractivity contribution in [2.45, 2.75) is 91.6 Å². The van der Waals surface area contributed by atoms with Crippen LogP contribution in [0.1, 0.15) is 85.2 Å². The summed E-state index contributed by atoms with van der Waals surface area (Å²) in [5.74, 6) is -0.678. The number of carbonyl (C=O) groups excluding carboxylic acids is 2. The first-order chi connectivity index (χ1) is 15.5. The van der Waals surface area contributed by atoms with E-state index in [1.807, 2.05) is 61.5 Å². The SMILES string of the molecule is CCOC(=O)/C(B1OC(C)(C)C(C)(C)O1)=C(\B1OC(C)(C)C(C)(C)O1)c1cccc(C(C)=O)c1. The number of rotatable bonds is 6. The van der Waals surface area contributed by atoms with Crippen LogP contribution in [0.4, 0.5) is 0 Å². The highest BCUT2D eigenvalue weighted by molar-refractivity contribution is 6.77. The van der Waals surface area contributed by atoms with Crippen LogP contribution in [-0.4, -0.2) is 55.0 Å². The summed E-state index contributed by atoms with van der Waals surface area (Å²) >= 11 is 0. The molecule has 0 aromatic heterocycles. The van der Waals surface area contributed by atoms with E-state index in [4.69, 9.17) is 23.4 Å². The quantitative estimate of drug-likeness (QED) is 0.263. The fraction of sp³-hybridized carbons (Fsp3) is 0.600. The summed E-state index contributed by atoms with van der Waals surface area (Å²) in [5, 5.41) is 0. The smallest absolute Gasteiger partial charge is 0.463 e. The number of benzene rings is 1. The van der Waals surface area contributed by atoms with Crippen molar-refractivity contribution in [2.75, 3.05) is 6.61 Å². The third kappa shape index (κ3) is 4.76. The molecule has 2 saturated heterocycles. The molecule has 184 valence electrons. The second-order valence-corrected chi connectivity index (χ2v) is 10.9. The van der Waals surface area contributed by atoms with Gasteiger partial charge in [-0.1, -0.05) is 18.2 Å². The van der Waals surface area contributed by atoms with Crippen LogP contribution in [0.3, 0.4) is 0 Å². The molecule has 0 saturated carbocycles. The Morgan fingerprint density at radius 2 is 1.24 bits per heavy atom. The lowest BCUT2D eigenvalue weighted by Gasteiger charge is -2.32. The topological polar surface area (TPSA) is 80.3 Å². The Morgan fingerprint density at radius 3 is 1.68 bits per heavy atom. The maximum Gasteiger partial charge on any atom is 0.501 e. The van der Waals surface area contributed by atoms with E-state index < -0.39 is 42.6 Å². The average molecular weight is 470 g/mol. The highest BCUT2D eigenvalue weighted by Gasteiger charge is 2.58. The molecular weight excluding hydrogens is 434 g/mol. The molecule has 7 nitrogen and oxygen atoms in total. The number of Topliss-reactive ketones (excluding diaryl/α,β-unsaturated/α-hetero) is 1. The van der Waals surface area contributed by atoms with Crippen molar-refractivity contribution in [3.8, 4) is 0 Å². The van der Waals surface area contributed by atoms with Crippen molar-refractivity contribution < 1.29 is 32.9 Å². The van der Waals surface area contributed by atoms with Crippen molar-refractivity contribution in [1.82, 2.24) is 0 Å². The number of hydrogen-bond acceptors (Lipinski definition) is 7. The lowest BCUT2D eigenvalue weighted by Crippen LogP contribution is -2.41. The van der Waals surface area contributed by atoms with Gasteiger partial charge in [-0.2, -0.15) is 0 Å². The summed E-state index contributed by atoms with van der Waals surface area (Å²) in [7, 11) is -1.93. The molecule has 1 aromatic carbocycles. The van der Waals surface area contributed by atoms with Crippen molar-refractivity contribution in [3.05, 3.63) is 40.9 Å². The van der Waals surface area contributed by atoms with E-state index in [9.17, 15) is 9.59 Å². The third-order valence-electron chi connectivity index (χ3n) is 7.34. The molecule has 0 N–H and O–H groups in total. The lowest BCUT2D eigenvalue weighted by atomic mass is 9.62. The molecule has 9 heteroatoms. The van der Waals surface area contributed by atoms with Crippen LogP contribution < -0.4 is 0 Å². The predicted octanol–water partition coefficient (Wildman–Crippen LogP) is 4.47. The van der Waals surface area contributed by atoms with Gasteiger partial charge in [0.05, 0.1) is 34.5 Å². The van der Waals surface area contributed by atoms with Crippen molar-refractivity contribution in [1.29, 1.82) is 0 Å². The predicted molar refractivity (Wildman–Crippen MR) is 132 cm³/mol. The largest absolute Gasteiger partial charge is 0.501 e. The zero-order chi connectivity index (χ0) is 25.7. The van der Waals surface area contributed by atoms with E-state index in [2.05, 4.69) is 0 Å². The van der Waals surface area contributed by atoms with Crippen LogP contribution in [0.15, 0.2) is 29.7 Å². The Morgan fingerprint density at radius 1 is 0.794 bits per heavy atom. The second-order valence-electron chi connectivity index (χ2n) is 10.9. The zero-order valence-corrected chi connectivity index (χ0v) is 22.0. The molecule has 2 aliphatic heterocycles. The highest BCUT2D eigenvalue weighted by atomic mass is 16.7. The van der Waals surface area contributed by atoms with E-state index in [1.165, 1.54) is 6.92 Å². The van der Waals surface area contributed by atoms with Gasteiger partial charge in [0.15, 0.2) is 5.78 Å². The van der Waals surface area contributed by atoms with Crippen LogP contribution in [0.5, 0.6) is 0 Å². The van der Waals surface area contributed by atoms with Crippen LogP contribution in [0, 0.1) is 0 Å². The molecule has 0 atom stereocenters. The Hall–Kier alpha value is -1.93. The van der Waals surface area contributed by atoms with Gasteiger partial charge in [-0.3, -0.25) is 4.79 Å². The van der Waals surface area contributed by atoms with Gasteiger partial charge in [-0.05, 0) is 86.3 Å². The van der Waals surface area contributed by atoms with Gasteiger partial charge in [-0.15, -0.1) is 0 Å². The standard InChI is InChI=1S/C25H36B2O7/c1-11-30-21(29)20(27-33-24(7,8)25(9,10)34-27)19(18-14-12-13-17(15-18)16(2)28)26-31-22(3,4)23(5,6)32-26/h12-15H,11H2,1-10H3/b20-19+. The lowest BCUT2D eigenvalue weighted by molar-refractivity contribution is -0.137. The van der Waals surface area contributed by atoms with Gasteiger partial charge in [0.1, 0.15) is 0 Å². The minimum atomic E-state index is -1.01. The molecule has 0 amide bonds. The first kappa shape index (κ1) is 26.7. The molecule has 0 unspecified atom stereocenters. The van der Waals surface area contributed by atoms with Crippen molar-refractivity contribution >= 4 is 31.5 Å². The van der Waals surface area contributed by atoms with Crippen LogP contribution >= 0.6 is 0 Å². The minimum absolute atomic E-state index is 0.0940. The number of esters is 1. The zero-order valence-electron chi connectivity index (χ0n) is 22.0. The van der Waals surface area contributed by atoms with Gasteiger partial charge in [0.25, 0.3) is 0 Å². The molecule has 0 bridgehead atoms. The van der Waals surface area contributed by atoms with Crippen molar-refractivity contribution in [3.63, 3.8) is 0 Å². The van der Waals surface area contributed by atoms with Gasteiger partial charge in [-0.25, -0.2) is 4.79 Å². The molecule has 3 rings (SSSR count). The van der Waals surface area contributed by atoms with E-state index in [0.717, 1.165) is 0 Å². The molecule has 34 heavy (non-hydrogen) atoms. The van der Waals surface area contributed by atoms with Gasteiger partial charge >= 0.3 is 20.2 Å². The average Bonchev–Trinajstić information content (AvgIpc) is 3.04. The molecule has 2 aliphatic rings. The molecule has 0 aliphatic carbocycles. The van der Waals surface area contributed by atoms with E-state index in [-0.39, 0.29) is 17.9 Å². The Bertz CT molecular complexity index is 978. The Kier molecular flexibility index (Phi) is 7.01. The van der Waals surface area contributed by atoms with E-state index in [0.29, 0.717) is 16.6 Å². The Balaban J connectivity index is 2.29. The maximum atomic E-state index is 13.4. The normalized spacial score (nSPS) is 23.0. The molecule has 0 spiro atoms. The first-order valence-corrected chi connectivity index (χ1v) is 11.8. The molecule has 2 fully saturated rings. The number of ether oxygens (including phenoxy) is 1. The first-order valence-electron chi connectivity index (χ1n) is 11.8. The minimum Gasteiger partial charge on any atom is -0.463 e. The van der Waals surface area contributed by atoms with Gasteiger partial charge < -0.3 is 23.4 Å². The number of hydrogen-bond donors (Lipinski definition) is 0. The van der Waals surface area contributed by atoms with Crippen LogP contribution in [-0.2, 0) is 28.1 Å². The van der Waals surface area contributed by atoms with Gasteiger partial charge in [0.2, 0.25) is 0 Å². The highest BCUT2D eigenvalue weighted by Crippen LogP contribution is 2.44. The van der Waals surface area contributed by atoms with E-state index in [1.54, 1.807) is 25.1 Å². The fourth-order valence-corrected chi connectivity index (χ4v) is 3.79. The number of carbonyl (C=O) groups is 2. The summed E-state index contributed by atoms with van der Waals surface area (Å²) in [6.07, 6.45) is 0. The summed E-state index contributed by atoms with van der Waals surface area (Å²) in [6.45, 7) is 18.8. The molecule has 2 heterocycles.